The van der Waals surface area contributed by atoms with E-state index < -0.39 is 33.6 Å². The van der Waals surface area contributed by atoms with Crippen LogP contribution in [-0.4, -0.2) is 35.4 Å². The van der Waals surface area contributed by atoms with Crippen molar-refractivity contribution in [2.24, 2.45) is 0 Å². The molecular formula is C17H23BrF3N3O2S. The Morgan fingerprint density at radius 1 is 1.26 bits per heavy atom. The summed E-state index contributed by atoms with van der Waals surface area (Å²) in [5.74, 6) is 0. The van der Waals surface area contributed by atoms with Crippen LogP contribution in [0.5, 0.6) is 0 Å². The van der Waals surface area contributed by atoms with E-state index in [-0.39, 0.29) is 17.5 Å². The van der Waals surface area contributed by atoms with Gasteiger partial charge in [0.2, 0.25) is 0 Å². The van der Waals surface area contributed by atoms with Crippen LogP contribution >= 0.6 is 15.9 Å². The second kappa shape index (κ2) is 7.46. The van der Waals surface area contributed by atoms with E-state index in [0.717, 1.165) is 0 Å². The van der Waals surface area contributed by atoms with Crippen molar-refractivity contribution < 1.29 is 22.5 Å². The summed E-state index contributed by atoms with van der Waals surface area (Å²) in [6, 6.07) is 0.948. The highest BCUT2D eigenvalue weighted by Crippen LogP contribution is 2.38. The molecule has 0 saturated heterocycles. The maximum Gasteiger partial charge on any atom is 0.408 e. The van der Waals surface area contributed by atoms with E-state index in [2.05, 4.69) is 25.6 Å². The van der Waals surface area contributed by atoms with Gasteiger partial charge in [-0.15, -0.1) is 0 Å². The molecule has 0 aliphatic heterocycles. The van der Waals surface area contributed by atoms with Crippen molar-refractivity contribution >= 4 is 37.9 Å². The van der Waals surface area contributed by atoms with Crippen molar-refractivity contribution in [2.75, 3.05) is 0 Å². The third-order valence-electron chi connectivity index (χ3n) is 3.70. The number of rotatable bonds is 5. The first-order valence-electron chi connectivity index (χ1n) is 8.22. The van der Waals surface area contributed by atoms with Gasteiger partial charge in [0.1, 0.15) is 16.3 Å². The molecule has 2 atom stereocenters. The minimum atomic E-state index is -4.66. The van der Waals surface area contributed by atoms with Crippen LogP contribution in [0.3, 0.4) is 0 Å². The summed E-state index contributed by atoms with van der Waals surface area (Å²) in [4.78, 5) is 4.27. The number of alkyl halides is 3. The van der Waals surface area contributed by atoms with Crippen LogP contribution in [0, 0.1) is 0 Å². The maximum absolute atomic E-state index is 13.8. The quantitative estimate of drug-likeness (QED) is 0.643. The predicted molar refractivity (Wildman–Crippen MR) is 104 cm³/mol. The lowest BCUT2D eigenvalue weighted by Crippen LogP contribution is -2.41. The Morgan fingerprint density at radius 3 is 2.33 bits per heavy atom. The molecule has 2 aromatic heterocycles. The predicted octanol–water partition coefficient (Wildman–Crippen LogP) is 4.22. The lowest BCUT2D eigenvalue weighted by molar-refractivity contribution is -0.152. The van der Waals surface area contributed by atoms with E-state index in [1.807, 2.05) is 0 Å². The van der Waals surface area contributed by atoms with E-state index in [9.17, 15) is 22.5 Å². The molecule has 0 aromatic carbocycles. The highest BCUT2D eigenvalue weighted by Gasteiger charge is 2.44. The van der Waals surface area contributed by atoms with Gasteiger partial charge >= 0.3 is 6.18 Å². The molecule has 27 heavy (non-hydrogen) atoms. The van der Waals surface area contributed by atoms with E-state index in [0.29, 0.717) is 10.3 Å². The second-order valence-electron chi connectivity index (χ2n) is 8.00. The van der Waals surface area contributed by atoms with Gasteiger partial charge in [0, 0.05) is 17.1 Å². The number of hydrogen-bond donors (Lipinski definition) is 2. The van der Waals surface area contributed by atoms with Gasteiger partial charge in [-0.2, -0.15) is 13.2 Å². The Hall–Kier alpha value is -0.970. The topological polar surface area (TPSA) is 67.2 Å². The Labute approximate surface area is 167 Å². The highest BCUT2D eigenvalue weighted by atomic mass is 79.9. The number of halogens is 4. The number of nitrogens with one attached hydrogen (secondary N) is 1. The van der Waals surface area contributed by atoms with Crippen molar-refractivity contribution in [3.8, 4) is 0 Å². The molecule has 0 aliphatic rings. The number of pyridine rings is 1. The van der Waals surface area contributed by atoms with Gasteiger partial charge in [-0.3, -0.25) is 0 Å². The summed E-state index contributed by atoms with van der Waals surface area (Å²) >= 11 is 3.22. The minimum Gasteiger partial charge on any atom is -0.389 e. The Bertz CT molecular complexity index is 854. The normalized spacial score (nSPS) is 15.9. The fourth-order valence-electron chi connectivity index (χ4n) is 2.53. The Balaban J connectivity index is 2.64. The Kier molecular flexibility index (Phi) is 6.16. The fraction of sp³-hybridized carbons (Fsp3) is 0.588. The van der Waals surface area contributed by atoms with Crippen LogP contribution in [0.4, 0.5) is 13.2 Å². The molecule has 0 saturated carbocycles. The number of nitrogens with zero attached hydrogens (tertiary/aromatic N) is 2. The molecule has 10 heteroatoms. The molecule has 0 aliphatic carbocycles. The van der Waals surface area contributed by atoms with Crippen LogP contribution in [0.2, 0.25) is 0 Å². The largest absolute Gasteiger partial charge is 0.408 e. The number of aliphatic hydroxyl groups is 1. The van der Waals surface area contributed by atoms with Gasteiger partial charge in [-0.05, 0) is 62.7 Å². The lowest BCUT2D eigenvalue weighted by Gasteiger charge is -2.25. The number of fused-ring (bicyclic) bond motifs is 1. The van der Waals surface area contributed by atoms with Gasteiger partial charge in [0.15, 0.2) is 0 Å². The zero-order valence-electron chi connectivity index (χ0n) is 15.7. The van der Waals surface area contributed by atoms with Crippen LogP contribution in [0.25, 0.3) is 11.0 Å². The molecule has 0 fully saturated rings. The van der Waals surface area contributed by atoms with E-state index >= 15 is 0 Å². The molecule has 0 spiro atoms. The third kappa shape index (κ3) is 5.52. The van der Waals surface area contributed by atoms with Crippen LogP contribution in [-0.2, 0) is 17.5 Å². The van der Waals surface area contributed by atoms with Crippen molar-refractivity contribution in [1.29, 1.82) is 0 Å². The van der Waals surface area contributed by atoms with Gasteiger partial charge in [-0.25, -0.2) is 13.9 Å². The minimum absolute atomic E-state index is 0.0554. The van der Waals surface area contributed by atoms with E-state index in [1.165, 1.54) is 16.8 Å². The van der Waals surface area contributed by atoms with Crippen LogP contribution in [0.15, 0.2) is 22.9 Å². The SMILES string of the molecule is CC(C)(O)Cn1cc(C(NS(=O)C(C)(C)C)C(F)(F)F)c2ccc(Br)nc21. The molecule has 2 aromatic rings. The first-order valence-corrected chi connectivity index (χ1v) is 10.2. The summed E-state index contributed by atoms with van der Waals surface area (Å²) in [5, 5.41) is 10.4. The van der Waals surface area contributed by atoms with Gasteiger partial charge < -0.3 is 9.67 Å². The monoisotopic (exact) mass is 469 g/mol. The fourth-order valence-corrected chi connectivity index (χ4v) is 3.65. The molecular weight excluding hydrogens is 447 g/mol. The van der Waals surface area contributed by atoms with Crippen LogP contribution in [0.1, 0.15) is 46.2 Å². The van der Waals surface area contributed by atoms with Gasteiger partial charge in [-0.1, -0.05) is 0 Å². The summed E-state index contributed by atoms with van der Waals surface area (Å²) in [7, 11) is -1.93. The second-order valence-corrected chi connectivity index (χ2v) is 10.8. The molecule has 2 heterocycles. The smallest absolute Gasteiger partial charge is 0.389 e. The first-order chi connectivity index (χ1) is 12.1. The molecule has 2 N–H and O–H groups in total. The number of hydrogen-bond acceptors (Lipinski definition) is 3. The van der Waals surface area contributed by atoms with E-state index in [1.54, 1.807) is 40.7 Å². The number of aromatic nitrogens is 2. The molecule has 2 rings (SSSR count). The Morgan fingerprint density at radius 2 is 1.85 bits per heavy atom. The zero-order chi connectivity index (χ0) is 20.8. The highest BCUT2D eigenvalue weighted by molar-refractivity contribution is 9.10. The lowest BCUT2D eigenvalue weighted by atomic mass is 10.1. The third-order valence-corrected chi connectivity index (χ3v) is 5.70. The van der Waals surface area contributed by atoms with Gasteiger partial charge in [0.25, 0.3) is 0 Å². The van der Waals surface area contributed by atoms with Crippen molar-refractivity contribution in [3.63, 3.8) is 0 Å². The summed E-state index contributed by atoms with van der Waals surface area (Å²) < 4.78 is 57.1. The average Bonchev–Trinajstić information content (AvgIpc) is 2.78. The maximum atomic E-state index is 13.8. The van der Waals surface area contributed by atoms with Crippen molar-refractivity contribution in [2.45, 2.75) is 63.7 Å². The molecule has 5 nitrogen and oxygen atoms in total. The van der Waals surface area contributed by atoms with Gasteiger partial charge in [0.05, 0.1) is 27.9 Å². The van der Waals surface area contributed by atoms with E-state index in [4.69, 9.17) is 0 Å². The molecule has 0 bridgehead atoms. The van der Waals surface area contributed by atoms with Crippen molar-refractivity contribution in [1.82, 2.24) is 14.3 Å². The van der Waals surface area contributed by atoms with Crippen molar-refractivity contribution in [3.05, 3.63) is 28.5 Å². The first kappa shape index (κ1) is 22.3. The summed E-state index contributed by atoms with van der Waals surface area (Å²) in [5.41, 5.74) is -0.929. The summed E-state index contributed by atoms with van der Waals surface area (Å²) in [6.45, 7) is 7.97. The van der Waals surface area contributed by atoms with Crippen LogP contribution < -0.4 is 4.72 Å². The summed E-state index contributed by atoms with van der Waals surface area (Å²) in [6.07, 6.45) is -3.35. The molecule has 0 amide bonds. The molecule has 152 valence electrons. The molecule has 0 radical (unpaired) electrons. The standard InChI is InChI=1S/C17H23BrF3N3O2S/c1-15(2,3)27(26)23-13(17(19,20)21)11-8-24(9-16(4,5)25)14-10(11)6-7-12(18)22-14/h6-8,13,23,25H,9H2,1-5H3. The zero-order valence-corrected chi connectivity index (χ0v) is 18.1. The average molecular weight is 470 g/mol. The molecule has 2 unspecified atom stereocenters.